The second kappa shape index (κ2) is 14.7. The predicted molar refractivity (Wildman–Crippen MR) is 254 cm³/mol. The molecule has 5 heteroatoms. The molecule has 0 aliphatic heterocycles. The molecule has 0 aliphatic carbocycles. The third-order valence-electron chi connectivity index (χ3n) is 11.9. The van der Waals surface area contributed by atoms with Gasteiger partial charge in [-0.25, -0.2) is 15.0 Å². The Balaban J connectivity index is 1.01. The fourth-order valence-corrected chi connectivity index (χ4v) is 8.79. The minimum Gasteiger partial charge on any atom is -0.455 e. The standard InChI is InChI=1S/C57H36N4O/c1-4-13-37(14-5-1)40-23-27-43(28-24-40)55-58-56(44-29-25-41(26-30-44)38-15-6-2-7-16-38)60-57(59-55)48-21-12-20-47-50-35-52-49(36-53(50)62-54(47)48)46-19-10-11-22-51(46)61(52)45-33-31-42(32-34-45)39-17-8-3-9-18-39/h1-36H. The number of hydrogen-bond donors (Lipinski definition) is 0. The van der Waals surface area contributed by atoms with Crippen LogP contribution in [0.4, 0.5) is 0 Å². The van der Waals surface area contributed by atoms with Gasteiger partial charge in [0.05, 0.1) is 16.6 Å². The summed E-state index contributed by atoms with van der Waals surface area (Å²) in [7, 11) is 0. The summed E-state index contributed by atoms with van der Waals surface area (Å²) in [5.41, 5.74) is 14.5. The lowest BCUT2D eigenvalue weighted by molar-refractivity contribution is 0.670. The number of fused-ring (bicyclic) bond motifs is 6. The van der Waals surface area contributed by atoms with Gasteiger partial charge in [0.2, 0.25) is 0 Å². The van der Waals surface area contributed by atoms with Gasteiger partial charge >= 0.3 is 0 Å². The molecule has 3 aromatic heterocycles. The van der Waals surface area contributed by atoms with E-state index in [4.69, 9.17) is 19.4 Å². The zero-order valence-corrected chi connectivity index (χ0v) is 33.5. The van der Waals surface area contributed by atoms with Crippen molar-refractivity contribution in [2.24, 2.45) is 0 Å². The summed E-state index contributed by atoms with van der Waals surface area (Å²) < 4.78 is 9.25. The molecule has 0 amide bonds. The van der Waals surface area contributed by atoms with Crippen molar-refractivity contribution in [3.63, 3.8) is 0 Å². The Kier molecular flexibility index (Phi) is 8.42. The quantitative estimate of drug-likeness (QED) is 0.161. The third kappa shape index (κ3) is 6.14. The monoisotopic (exact) mass is 792 g/mol. The van der Waals surface area contributed by atoms with Crippen LogP contribution in [0.5, 0.6) is 0 Å². The zero-order chi connectivity index (χ0) is 41.0. The van der Waals surface area contributed by atoms with Gasteiger partial charge in [0.1, 0.15) is 11.2 Å². The van der Waals surface area contributed by atoms with Crippen LogP contribution in [0.25, 0.3) is 117 Å². The van der Waals surface area contributed by atoms with Crippen LogP contribution in [0, 0.1) is 0 Å². The number of nitrogens with zero attached hydrogens (tertiary/aromatic N) is 4. The largest absolute Gasteiger partial charge is 0.455 e. The maximum absolute atomic E-state index is 6.89. The first kappa shape index (κ1) is 35.5. The summed E-state index contributed by atoms with van der Waals surface area (Å²) >= 11 is 0. The summed E-state index contributed by atoms with van der Waals surface area (Å²) in [5.74, 6) is 1.73. The Morgan fingerprint density at radius 1 is 0.306 bits per heavy atom. The van der Waals surface area contributed by atoms with E-state index < -0.39 is 0 Å². The van der Waals surface area contributed by atoms with Crippen LogP contribution in [-0.4, -0.2) is 19.5 Å². The molecule has 3 heterocycles. The van der Waals surface area contributed by atoms with Crippen molar-refractivity contribution >= 4 is 43.7 Å². The van der Waals surface area contributed by atoms with E-state index in [2.05, 4.69) is 205 Å². The summed E-state index contributed by atoms with van der Waals surface area (Å²) in [6.45, 7) is 0. The second-order valence-electron chi connectivity index (χ2n) is 15.6. The Labute approximate surface area is 357 Å². The number of rotatable bonds is 7. The molecular weight excluding hydrogens is 757 g/mol. The lowest BCUT2D eigenvalue weighted by Crippen LogP contribution is -2.00. The first-order chi connectivity index (χ1) is 30.7. The maximum atomic E-state index is 6.89. The highest BCUT2D eigenvalue weighted by Gasteiger charge is 2.21. The van der Waals surface area contributed by atoms with Gasteiger partial charge in [0, 0.05) is 38.4 Å². The lowest BCUT2D eigenvalue weighted by atomic mass is 10.0. The normalized spacial score (nSPS) is 11.5. The van der Waals surface area contributed by atoms with Gasteiger partial charge in [-0.2, -0.15) is 0 Å². The molecule has 0 N–H and O–H groups in total. The Hall–Kier alpha value is -8.41. The Bertz CT molecular complexity index is 3480. The lowest BCUT2D eigenvalue weighted by Gasteiger charge is -2.10. The fourth-order valence-electron chi connectivity index (χ4n) is 8.79. The minimum atomic E-state index is 0.548. The zero-order valence-electron chi connectivity index (χ0n) is 33.5. The van der Waals surface area contributed by atoms with Crippen molar-refractivity contribution in [3.8, 4) is 73.2 Å². The van der Waals surface area contributed by atoms with Crippen LogP contribution in [0.3, 0.4) is 0 Å². The van der Waals surface area contributed by atoms with E-state index in [0.29, 0.717) is 17.5 Å². The number of furan rings is 1. The molecule has 0 unspecified atom stereocenters. The summed E-state index contributed by atoms with van der Waals surface area (Å²) in [5, 5.41) is 4.32. The van der Waals surface area contributed by atoms with E-state index in [0.717, 1.165) is 83.0 Å². The maximum Gasteiger partial charge on any atom is 0.167 e. The highest BCUT2D eigenvalue weighted by molar-refractivity contribution is 6.18. The molecule has 9 aromatic carbocycles. The SMILES string of the molecule is c1ccc(-c2ccc(-c3nc(-c4ccc(-c5ccccc5)cc4)nc(-c4cccc5c4oc4cc6c7ccccc7n(-c7ccc(-c8ccccc8)cc7)c6cc45)n3)cc2)cc1. The van der Waals surface area contributed by atoms with Crippen molar-refractivity contribution in [1.82, 2.24) is 19.5 Å². The summed E-state index contributed by atoms with van der Waals surface area (Å²) in [4.78, 5) is 15.4. The van der Waals surface area contributed by atoms with E-state index >= 15 is 0 Å². The Morgan fingerprint density at radius 2 is 0.758 bits per heavy atom. The van der Waals surface area contributed by atoms with Crippen molar-refractivity contribution in [3.05, 3.63) is 218 Å². The van der Waals surface area contributed by atoms with Crippen molar-refractivity contribution in [2.45, 2.75) is 0 Å². The van der Waals surface area contributed by atoms with Crippen molar-refractivity contribution < 1.29 is 4.42 Å². The van der Waals surface area contributed by atoms with E-state index in [-0.39, 0.29) is 0 Å². The molecule has 0 saturated heterocycles. The molecule has 0 bridgehead atoms. The van der Waals surface area contributed by atoms with E-state index in [9.17, 15) is 0 Å². The second-order valence-corrected chi connectivity index (χ2v) is 15.6. The van der Waals surface area contributed by atoms with Crippen LogP contribution < -0.4 is 0 Å². The van der Waals surface area contributed by atoms with Gasteiger partial charge in [0.25, 0.3) is 0 Å². The van der Waals surface area contributed by atoms with Gasteiger partial charge in [-0.3, -0.25) is 0 Å². The minimum absolute atomic E-state index is 0.548. The molecule has 0 atom stereocenters. The van der Waals surface area contributed by atoms with Crippen LogP contribution in [0.1, 0.15) is 0 Å². The highest BCUT2D eigenvalue weighted by atomic mass is 16.3. The predicted octanol–water partition coefficient (Wildman–Crippen LogP) is 14.9. The van der Waals surface area contributed by atoms with Crippen LogP contribution in [0.2, 0.25) is 0 Å². The van der Waals surface area contributed by atoms with E-state index in [1.54, 1.807) is 0 Å². The van der Waals surface area contributed by atoms with Gasteiger partial charge in [-0.1, -0.05) is 182 Å². The summed E-state index contributed by atoms with van der Waals surface area (Å²) in [6.07, 6.45) is 0. The van der Waals surface area contributed by atoms with Crippen molar-refractivity contribution in [2.75, 3.05) is 0 Å². The fraction of sp³-hybridized carbons (Fsp3) is 0. The summed E-state index contributed by atoms with van der Waals surface area (Å²) in [6, 6.07) is 76.3. The average Bonchev–Trinajstić information content (AvgIpc) is 3.89. The van der Waals surface area contributed by atoms with Gasteiger partial charge in [0.15, 0.2) is 17.5 Å². The topological polar surface area (TPSA) is 56.7 Å². The Morgan fingerprint density at radius 3 is 1.32 bits per heavy atom. The highest BCUT2D eigenvalue weighted by Crippen LogP contribution is 2.41. The molecule has 12 aromatic rings. The molecule has 62 heavy (non-hydrogen) atoms. The van der Waals surface area contributed by atoms with Crippen molar-refractivity contribution in [1.29, 1.82) is 0 Å². The third-order valence-corrected chi connectivity index (χ3v) is 11.9. The molecule has 12 rings (SSSR count). The van der Waals surface area contributed by atoms with Gasteiger partial charge in [-0.05, 0) is 69.8 Å². The molecular formula is C57H36N4O. The number of aromatic nitrogens is 4. The number of hydrogen-bond acceptors (Lipinski definition) is 4. The van der Waals surface area contributed by atoms with Gasteiger partial charge in [-0.15, -0.1) is 0 Å². The molecule has 0 spiro atoms. The molecule has 5 nitrogen and oxygen atoms in total. The molecule has 0 saturated carbocycles. The molecule has 0 aliphatic rings. The van der Waals surface area contributed by atoms with Crippen LogP contribution in [0.15, 0.2) is 223 Å². The van der Waals surface area contributed by atoms with Crippen LogP contribution >= 0.6 is 0 Å². The first-order valence-electron chi connectivity index (χ1n) is 20.8. The number of para-hydroxylation sites is 2. The molecule has 290 valence electrons. The van der Waals surface area contributed by atoms with E-state index in [1.165, 1.54) is 16.5 Å². The average molecular weight is 793 g/mol. The molecule has 0 radical (unpaired) electrons. The van der Waals surface area contributed by atoms with Crippen LogP contribution in [-0.2, 0) is 0 Å². The van der Waals surface area contributed by atoms with Gasteiger partial charge < -0.3 is 8.98 Å². The van der Waals surface area contributed by atoms with E-state index in [1.807, 2.05) is 18.2 Å². The molecule has 0 fully saturated rings. The smallest absolute Gasteiger partial charge is 0.167 e. The first-order valence-corrected chi connectivity index (χ1v) is 20.8. The number of benzene rings is 9.